The maximum absolute atomic E-state index is 12.6. The van der Waals surface area contributed by atoms with Crippen molar-refractivity contribution in [3.05, 3.63) is 0 Å². The number of unbranched alkanes of at least 4 members (excludes halogenated alkanes) is 14. The molecule has 0 unspecified atom stereocenters. The molecule has 70 heavy (non-hydrogen) atoms. The molecule has 23 heteroatoms. The lowest BCUT2D eigenvalue weighted by Gasteiger charge is -2.17. The second kappa shape index (κ2) is 54.3. The first-order valence-electron chi connectivity index (χ1n) is 24.0. The Morgan fingerprint density at radius 2 is 0.757 bits per heavy atom. The first-order valence-corrected chi connectivity index (χ1v) is 32.9. The number of hydrogen-bond donors (Lipinski definition) is 8. The summed E-state index contributed by atoms with van der Waals surface area (Å²) < 4.78 is 0. The second-order valence-electron chi connectivity index (χ2n) is 16.2. The molecule has 3 amide bonds. The number of Topliss-reactive ketones (excluding diaryl/α,β-unsaturated/α-hetero) is 1. The Bertz CT molecular complexity index is 1400. The van der Waals surface area contributed by atoms with E-state index in [1.165, 1.54) is 25.7 Å². The van der Waals surface area contributed by atoms with E-state index < -0.39 is 90.1 Å². The maximum atomic E-state index is 12.6. The van der Waals surface area contributed by atoms with E-state index in [0.717, 1.165) is 57.8 Å². The molecular formula is C47H87N3O14S6. The zero-order valence-electron chi connectivity index (χ0n) is 42.8. The molecule has 0 aliphatic rings. The Balaban J connectivity index is -0.00000161. The fourth-order valence-electron chi connectivity index (χ4n) is 6.32. The van der Waals surface area contributed by atoms with Crippen LogP contribution in [0.2, 0.25) is 0 Å². The Kier molecular flexibility index (Phi) is 57.5. The summed E-state index contributed by atoms with van der Waals surface area (Å²) in [7, 11) is 10.6. The highest BCUT2D eigenvalue weighted by Gasteiger charge is 2.27. The van der Waals surface area contributed by atoms with E-state index in [0.29, 0.717) is 25.7 Å². The van der Waals surface area contributed by atoms with Crippen LogP contribution in [0.4, 0.5) is 0 Å². The van der Waals surface area contributed by atoms with Crippen LogP contribution in [0.5, 0.6) is 0 Å². The van der Waals surface area contributed by atoms with E-state index >= 15 is 0 Å². The zero-order chi connectivity index (χ0) is 54.0. The first kappa shape index (κ1) is 74.1. The van der Waals surface area contributed by atoms with Gasteiger partial charge in [0.25, 0.3) is 0 Å². The van der Waals surface area contributed by atoms with Crippen molar-refractivity contribution < 1.29 is 68.7 Å². The van der Waals surface area contributed by atoms with Gasteiger partial charge in [0.15, 0.2) is 0 Å². The summed E-state index contributed by atoms with van der Waals surface area (Å²) >= 11 is 0. The van der Waals surface area contributed by atoms with Crippen molar-refractivity contribution in [1.82, 2.24) is 16.0 Å². The van der Waals surface area contributed by atoms with E-state index in [4.69, 9.17) is 10.2 Å². The first-order chi connectivity index (χ1) is 33.3. The number of carbonyl (C=O) groups excluding carboxylic acids is 4. The van der Waals surface area contributed by atoms with E-state index in [1.807, 2.05) is 0 Å². The largest absolute Gasteiger partial charge is 0.481 e. The molecule has 0 aromatic rings. The van der Waals surface area contributed by atoms with Gasteiger partial charge in [0.2, 0.25) is 17.7 Å². The van der Waals surface area contributed by atoms with Gasteiger partial charge in [-0.15, -0.1) is 0 Å². The highest BCUT2D eigenvalue weighted by molar-refractivity contribution is 8.76. The third-order valence-electron chi connectivity index (χ3n) is 10.5. The van der Waals surface area contributed by atoms with Crippen LogP contribution in [-0.4, -0.2) is 135 Å². The summed E-state index contributed by atoms with van der Waals surface area (Å²) in [6.07, 6.45) is 26.5. The van der Waals surface area contributed by atoms with Crippen LogP contribution in [0.3, 0.4) is 0 Å². The molecule has 0 radical (unpaired) electrons. The number of ketones is 1. The molecule has 8 N–H and O–H groups in total. The van der Waals surface area contributed by atoms with Crippen molar-refractivity contribution in [3.63, 3.8) is 0 Å². The highest BCUT2D eigenvalue weighted by Crippen LogP contribution is 2.17. The molecular weight excluding hydrogens is 1020 g/mol. The van der Waals surface area contributed by atoms with Crippen molar-refractivity contribution >= 4 is 118 Å². The topological polar surface area (TPSA) is 291 Å². The van der Waals surface area contributed by atoms with Crippen LogP contribution in [0.15, 0.2) is 0 Å². The summed E-state index contributed by atoms with van der Waals surface area (Å²) in [6.45, 7) is 1.87. The van der Waals surface area contributed by atoms with Crippen LogP contribution >= 0.6 is 64.8 Å². The van der Waals surface area contributed by atoms with Gasteiger partial charge >= 0.3 is 29.8 Å². The maximum Gasteiger partial charge on any atom is 0.326 e. The highest BCUT2D eigenvalue weighted by atomic mass is 33.1. The van der Waals surface area contributed by atoms with Gasteiger partial charge in [0.05, 0.1) is 11.8 Å². The van der Waals surface area contributed by atoms with Gasteiger partial charge in [-0.1, -0.05) is 155 Å². The summed E-state index contributed by atoms with van der Waals surface area (Å²) in [5.74, 6) is -9.74. The Morgan fingerprint density at radius 1 is 0.386 bits per heavy atom. The van der Waals surface area contributed by atoms with Crippen molar-refractivity contribution in [2.75, 3.05) is 44.1 Å². The van der Waals surface area contributed by atoms with Crippen molar-refractivity contribution in [1.29, 1.82) is 0 Å². The molecule has 4 atom stereocenters. The van der Waals surface area contributed by atoms with E-state index in [9.17, 15) is 58.5 Å². The third kappa shape index (κ3) is 54.9. The molecule has 0 bridgehead atoms. The average molecular weight is 1110 g/mol. The predicted molar refractivity (Wildman–Crippen MR) is 294 cm³/mol. The van der Waals surface area contributed by atoms with E-state index in [1.54, 1.807) is 71.7 Å². The molecule has 0 aromatic carbocycles. The van der Waals surface area contributed by atoms with Gasteiger partial charge < -0.3 is 41.5 Å². The summed E-state index contributed by atoms with van der Waals surface area (Å²) in [5.41, 5.74) is 0. The van der Waals surface area contributed by atoms with Gasteiger partial charge in [-0.2, -0.15) is 0 Å². The van der Waals surface area contributed by atoms with Gasteiger partial charge in [-0.3, -0.25) is 33.6 Å². The molecule has 0 saturated carbocycles. The predicted octanol–water partition coefficient (Wildman–Crippen LogP) is 10.3. The molecule has 0 spiro atoms. The zero-order valence-corrected chi connectivity index (χ0v) is 47.7. The van der Waals surface area contributed by atoms with Crippen LogP contribution in [-0.2, 0) is 43.2 Å². The number of carboxylic acids is 5. The van der Waals surface area contributed by atoms with Gasteiger partial charge in [-0.05, 0) is 82.5 Å². The normalized spacial score (nSPS) is 12.1. The van der Waals surface area contributed by atoms with Crippen molar-refractivity contribution in [3.8, 4) is 0 Å². The van der Waals surface area contributed by atoms with Gasteiger partial charge in [0, 0.05) is 45.1 Å². The summed E-state index contributed by atoms with van der Waals surface area (Å²) in [6, 6.07) is -2.74. The molecule has 0 heterocycles. The monoisotopic (exact) mass is 1110 g/mol. The quantitative estimate of drug-likeness (QED) is 0.0208. The number of carboxylic acid groups (broad SMARTS) is 5. The van der Waals surface area contributed by atoms with Crippen molar-refractivity contribution in [2.45, 2.75) is 186 Å². The SMILES string of the molecule is CSSC.CSSC.CSSC.C[C@@H](CCCCNC(=O)CC[C@H](NC(=O)CC[C@H](CC(=O)CC[C@H](NC(=O)CCCCCCCCCCCCCCCCC(=O)O)C(=O)O)C(=O)O)C(=O)O)C(=O)O. The molecule has 0 rings (SSSR count). The van der Waals surface area contributed by atoms with Crippen molar-refractivity contribution in [2.24, 2.45) is 11.8 Å². The Labute approximate surface area is 442 Å². The van der Waals surface area contributed by atoms with E-state index in [-0.39, 0.29) is 51.5 Å². The lowest BCUT2D eigenvalue weighted by molar-refractivity contribution is -0.145. The molecule has 0 fully saturated rings. The van der Waals surface area contributed by atoms with Crippen LogP contribution in [0.25, 0.3) is 0 Å². The van der Waals surface area contributed by atoms with Gasteiger partial charge in [0.1, 0.15) is 17.9 Å². The summed E-state index contributed by atoms with van der Waals surface area (Å²) in [4.78, 5) is 106. The minimum atomic E-state index is -1.42. The lowest BCUT2D eigenvalue weighted by Crippen LogP contribution is -2.42. The van der Waals surface area contributed by atoms with E-state index in [2.05, 4.69) is 53.5 Å². The number of rotatable bonds is 42. The smallest absolute Gasteiger partial charge is 0.326 e. The minimum Gasteiger partial charge on any atom is -0.481 e. The number of carbonyl (C=O) groups is 9. The standard InChI is InChI=1S/C41H69N3O14.3C2H6S2/c1-29(38(51)52)18-16-17-27-42-34(46)26-24-33(41(57)58)44-36(48)25-21-30(39(53)54)28-31(45)22-23-32(40(55)56)43-35(47)19-14-12-10-8-6-4-2-3-5-7-9-11-13-15-20-37(49)50;3*1-3-4-2/h29-30,32-33H,2-28H2,1H3,(H,42,46)(H,43,47)(H,44,48)(H,49,50)(H,51,52)(H,53,54)(H,55,56)(H,57,58);3*1-2H3/t29-,30+,32-,33-;;;/m0.../s1. The minimum absolute atomic E-state index is 0.143. The van der Waals surface area contributed by atoms with Crippen LogP contribution < -0.4 is 16.0 Å². The fourth-order valence-corrected chi connectivity index (χ4v) is 6.32. The number of amides is 3. The van der Waals surface area contributed by atoms with Crippen LogP contribution in [0, 0.1) is 11.8 Å². The Morgan fingerprint density at radius 3 is 1.13 bits per heavy atom. The summed E-state index contributed by atoms with van der Waals surface area (Å²) in [5, 5.41) is 53.6. The molecule has 410 valence electrons. The number of nitrogens with one attached hydrogen (secondary N) is 3. The molecule has 0 saturated heterocycles. The fraction of sp³-hybridized carbons (Fsp3) is 0.809. The molecule has 17 nitrogen and oxygen atoms in total. The number of aliphatic carboxylic acids is 5. The second-order valence-corrected chi connectivity index (χ2v) is 24.2. The van der Waals surface area contributed by atoms with Gasteiger partial charge in [-0.25, -0.2) is 9.59 Å². The Hall–Kier alpha value is -2.47. The third-order valence-corrected chi connectivity index (χ3v) is 14.5. The van der Waals surface area contributed by atoms with Crippen LogP contribution in [0.1, 0.15) is 174 Å². The number of hydrogen-bond acceptors (Lipinski definition) is 15. The lowest BCUT2D eigenvalue weighted by atomic mass is 9.94. The molecule has 0 aliphatic carbocycles. The molecule has 0 aromatic heterocycles. The molecule has 0 aliphatic heterocycles. The average Bonchev–Trinajstić information content (AvgIpc) is 3.32.